The molecular formula is C10H13N3O. The van der Waals surface area contributed by atoms with E-state index < -0.39 is 0 Å². The first-order chi connectivity index (χ1) is 6.84. The van der Waals surface area contributed by atoms with Crippen molar-refractivity contribution in [3.63, 3.8) is 0 Å². The molecule has 1 heterocycles. The van der Waals surface area contributed by atoms with Crippen LogP contribution in [0.1, 0.15) is 19.3 Å². The Labute approximate surface area is 82.7 Å². The van der Waals surface area contributed by atoms with Crippen molar-refractivity contribution in [1.29, 1.82) is 0 Å². The molecule has 0 atom stereocenters. The molecule has 0 unspecified atom stereocenters. The zero-order valence-electron chi connectivity index (χ0n) is 7.86. The van der Waals surface area contributed by atoms with Crippen LogP contribution in [0, 0.1) is 0 Å². The van der Waals surface area contributed by atoms with Crippen LogP contribution in [0.25, 0.3) is 0 Å². The van der Waals surface area contributed by atoms with Crippen molar-refractivity contribution in [1.82, 2.24) is 10.3 Å². The average Bonchev–Trinajstić information content (AvgIpc) is 2.13. The van der Waals surface area contributed by atoms with E-state index in [1.807, 2.05) is 6.07 Å². The van der Waals surface area contributed by atoms with Gasteiger partial charge in [0.2, 0.25) is 0 Å². The molecule has 1 aliphatic rings. The van der Waals surface area contributed by atoms with Crippen molar-refractivity contribution in [2.45, 2.75) is 25.3 Å². The van der Waals surface area contributed by atoms with E-state index in [2.05, 4.69) is 15.6 Å². The molecule has 4 nitrogen and oxygen atoms in total. The number of carbonyl (C=O) groups is 1. The van der Waals surface area contributed by atoms with Gasteiger partial charge in [-0.1, -0.05) is 0 Å². The summed E-state index contributed by atoms with van der Waals surface area (Å²) in [6.07, 6.45) is 6.72. The lowest BCUT2D eigenvalue weighted by Gasteiger charge is -2.26. The van der Waals surface area contributed by atoms with Crippen LogP contribution in [0.5, 0.6) is 0 Å². The van der Waals surface area contributed by atoms with Crippen molar-refractivity contribution >= 4 is 11.7 Å². The highest BCUT2D eigenvalue weighted by atomic mass is 16.2. The molecule has 2 N–H and O–H groups in total. The second-order valence-electron chi connectivity index (χ2n) is 3.47. The standard InChI is InChI=1S/C10H13N3O/c14-10(12-8-3-1-4-8)13-9-5-2-6-11-7-9/h2,5-8H,1,3-4H2,(H2,12,13,14). The molecule has 14 heavy (non-hydrogen) atoms. The van der Waals surface area contributed by atoms with Gasteiger partial charge >= 0.3 is 6.03 Å². The summed E-state index contributed by atoms with van der Waals surface area (Å²) in [6.45, 7) is 0. The highest BCUT2D eigenvalue weighted by Crippen LogP contribution is 2.17. The maximum atomic E-state index is 11.4. The SMILES string of the molecule is O=C(Nc1cccnc1)NC1CCC1. The van der Waals surface area contributed by atoms with Crippen molar-refractivity contribution in [3.8, 4) is 0 Å². The predicted octanol–water partition coefficient (Wildman–Crippen LogP) is 1.76. The summed E-state index contributed by atoms with van der Waals surface area (Å²) < 4.78 is 0. The fourth-order valence-corrected chi connectivity index (χ4v) is 1.34. The molecule has 0 aromatic carbocycles. The van der Waals surface area contributed by atoms with Crippen molar-refractivity contribution in [3.05, 3.63) is 24.5 Å². The number of hydrogen-bond donors (Lipinski definition) is 2. The Hall–Kier alpha value is -1.58. The third-order valence-electron chi connectivity index (χ3n) is 2.36. The number of anilines is 1. The van der Waals surface area contributed by atoms with Crippen LogP contribution in [0.3, 0.4) is 0 Å². The van der Waals surface area contributed by atoms with Crippen LogP contribution in [0.4, 0.5) is 10.5 Å². The van der Waals surface area contributed by atoms with E-state index in [9.17, 15) is 4.79 Å². The molecule has 0 radical (unpaired) electrons. The lowest BCUT2D eigenvalue weighted by atomic mass is 9.93. The molecule has 1 aliphatic carbocycles. The van der Waals surface area contributed by atoms with Gasteiger partial charge in [-0.3, -0.25) is 4.98 Å². The lowest BCUT2D eigenvalue weighted by molar-refractivity contribution is 0.240. The van der Waals surface area contributed by atoms with Crippen LogP contribution in [0.2, 0.25) is 0 Å². The molecule has 1 fully saturated rings. The number of aromatic nitrogens is 1. The van der Waals surface area contributed by atoms with E-state index in [1.165, 1.54) is 6.42 Å². The van der Waals surface area contributed by atoms with E-state index in [1.54, 1.807) is 18.5 Å². The number of pyridine rings is 1. The van der Waals surface area contributed by atoms with Crippen LogP contribution in [-0.4, -0.2) is 17.1 Å². The van der Waals surface area contributed by atoms with Gasteiger partial charge in [-0.25, -0.2) is 4.79 Å². The Morgan fingerprint density at radius 1 is 1.50 bits per heavy atom. The molecule has 74 valence electrons. The molecule has 0 bridgehead atoms. The first-order valence-corrected chi connectivity index (χ1v) is 4.82. The van der Waals surface area contributed by atoms with E-state index >= 15 is 0 Å². The van der Waals surface area contributed by atoms with Gasteiger partial charge in [0, 0.05) is 12.2 Å². The van der Waals surface area contributed by atoms with E-state index in [0.717, 1.165) is 18.5 Å². The predicted molar refractivity (Wildman–Crippen MR) is 54.0 cm³/mol. The Balaban J connectivity index is 1.82. The molecule has 2 amide bonds. The fourth-order valence-electron chi connectivity index (χ4n) is 1.34. The maximum Gasteiger partial charge on any atom is 0.319 e. The van der Waals surface area contributed by atoms with Crippen molar-refractivity contribution in [2.24, 2.45) is 0 Å². The van der Waals surface area contributed by atoms with Gasteiger partial charge in [0.15, 0.2) is 0 Å². The van der Waals surface area contributed by atoms with Crippen LogP contribution in [0.15, 0.2) is 24.5 Å². The van der Waals surface area contributed by atoms with Gasteiger partial charge in [-0.2, -0.15) is 0 Å². The number of rotatable bonds is 2. The number of carbonyl (C=O) groups excluding carboxylic acids is 1. The highest BCUT2D eigenvalue weighted by molar-refractivity contribution is 5.89. The summed E-state index contributed by atoms with van der Waals surface area (Å²) in [7, 11) is 0. The molecular weight excluding hydrogens is 178 g/mol. The summed E-state index contributed by atoms with van der Waals surface area (Å²) in [5, 5.41) is 5.62. The normalized spacial score (nSPS) is 15.7. The van der Waals surface area contributed by atoms with Crippen molar-refractivity contribution in [2.75, 3.05) is 5.32 Å². The molecule has 0 spiro atoms. The number of nitrogens with zero attached hydrogens (tertiary/aromatic N) is 1. The summed E-state index contributed by atoms with van der Waals surface area (Å²) >= 11 is 0. The Morgan fingerprint density at radius 2 is 2.36 bits per heavy atom. The largest absolute Gasteiger partial charge is 0.335 e. The number of hydrogen-bond acceptors (Lipinski definition) is 2. The molecule has 0 saturated heterocycles. The Bertz CT molecular complexity index is 308. The monoisotopic (exact) mass is 191 g/mol. The number of urea groups is 1. The van der Waals surface area contributed by atoms with Gasteiger partial charge in [-0.15, -0.1) is 0 Å². The van der Waals surface area contributed by atoms with Gasteiger partial charge in [0.1, 0.15) is 0 Å². The van der Waals surface area contributed by atoms with Gasteiger partial charge < -0.3 is 10.6 Å². The molecule has 2 rings (SSSR count). The minimum Gasteiger partial charge on any atom is -0.335 e. The van der Waals surface area contributed by atoms with Crippen LogP contribution in [-0.2, 0) is 0 Å². The van der Waals surface area contributed by atoms with Crippen LogP contribution < -0.4 is 10.6 Å². The fraction of sp³-hybridized carbons (Fsp3) is 0.400. The lowest BCUT2D eigenvalue weighted by Crippen LogP contribution is -2.41. The van der Waals surface area contributed by atoms with E-state index in [0.29, 0.717) is 6.04 Å². The Kier molecular flexibility index (Phi) is 2.62. The highest BCUT2D eigenvalue weighted by Gasteiger charge is 2.18. The zero-order chi connectivity index (χ0) is 9.80. The topological polar surface area (TPSA) is 54.0 Å². The molecule has 0 aliphatic heterocycles. The molecule has 1 aromatic rings. The molecule has 4 heteroatoms. The van der Waals surface area contributed by atoms with Crippen LogP contribution >= 0.6 is 0 Å². The summed E-state index contributed by atoms with van der Waals surface area (Å²) in [4.78, 5) is 15.3. The smallest absolute Gasteiger partial charge is 0.319 e. The van der Waals surface area contributed by atoms with Gasteiger partial charge in [0.25, 0.3) is 0 Å². The first-order valence-electron chi connectivity index (χ1n) is 4.82. The average molecular weight is 191 g/mol. The third-order valence-corrected chi connectivity index (χ3v) is 2.36. The third kappa shape index (κ3) is 2.22. The Morgan fingerprint density at radius 3 is 2.93 bits per heavy atom. The maximum absolute atomic E-state index is 11.4. The van der Waals surface area contributed by atoms with Crippen molar-refractivity contribution < 1.29 is 4.79 Å². The quantitative estimate of drug-likeness (QED) is 0.748. The van der Waals surface area contributed by atoms with E-state index in [4.69, 9.17) is 0 Å². The zero-order valence-corrected chi connectivity index (χ0v) is 7.86. The van der Waals surface area contributed by atoms with Gasteiger partial charge in [0.05, 0.1) is 11.9 Å². The number of nitrogens with one attached hydrogen (secondary N) is 2. The minimum absolute atomic E-state index is 0.136. The minimum atomic E-state index is -0.136. The van der Waals surface area contributed by atoms with E-state index in [-0.39, 0.29) is 6.03 Å². The number of amides is 2. The molecule has 1 aromatic heterocycles. The summed E-state index contributed by atoms with van der Waals surface area (Å²) in [5.41, 5.74) is 0.726. The summed E-state index contributed by atoms with van der Waals surface area (Å²) in [5.74, 6) is 0. The summed E-state index contributed by atoms with van der Waals surface area (Å²) in [6, 6.07) is 3.83. The second-order valence-corrected chi connectivity index (χ2v) is 3.47. The first kappa shape index (κ1) is 8.99. The second kappa shape index (κ2) is 4.09. The van der Waals surface area contributed by atoms with Gasteiger partial charge in [-0.05, 0) is 31.4 Å². The molecule has 1 saturated carbocycles.